The summed E-state index contributed by atoms with van der Waals surface area (Å²) in [5.41, 5.74) is 14.6. The summed E-state index contributed by atoms with van der Waals surface area (Å²) in [6.45, 7) is 13.7. The van der Waals surface area contributed by atoms with Gasteiger partial charge in [0.15, 0.2) is 0 Å². The molecule has 6 bridgehead atoms. The number of amides is 2. The number of fused-ring (bicyclic) bond motifs is 6. The Morgan fingerprint density at radius 3 is 2.68 bits per heavy atom. The van der Waals surface area contributed by atoms with Gasteiger partial charge < -0.3 is 29.2 Å². The summed E-state index contributed by atoms with van der Waals surface area (Å²) in [6.07, 6.45) is 10.0. The maximum absolute atomic E-state index is 14.5. The third-order valence-corrected chi connectivity index (χ3v) is 15.1. The molecule has 4 aliphatic heterocycles. The van der Waals surface area contributed by atoms with E-state index in [-0.39, 0.29) is 48.8 Å². The summed E-state index contributed by atoms with van der Waals surface area (Å²) in [5, 5.41) is 8.65. The molecule has 342 valence electrons. The molecule has 65 heavy (non-hydrogen) atoms. The standard InChI is InChI=1S/C50H61N9O5S/c1-29-17-33(25-51-24-29)35-21-37(35)47(60)54-41-22-43-53-42(27-65-43)32-18-31-9-7-11-58-45(31)36(19-32)39(23-50(3,4)28-64-49(62)40-10-8-12-59(55-40)48(41)61)46(58)38-20-34(26-52-44(38)30(2)63-6)57-15-13-56(5)14-16-57/h17-20,24-27,30,35,37,40-41,55H,7-16,21-23,28H2,1-6H3,(H,54,60)/t30-,35-,37+,40-,41-/m0/s1. The number of hydrogen-bond donors (Lipinski definition) is 2. The predicted octanol–water partition coefficient (Wildman–Crippen LogP) is 6.39. The van der Waals surface area contributed by atoms with Crippen molar-refractivity contribution >= 4 is 45.7 Å². The number of piperazine rings is 1. The number of nitrogens with zero attached hydrogens (tertiary/aromatic N) is 7. The van der Waals surface area contributed by atoms with E-state index < -0.39 is 17.5 Å². The van der Waals surface area contributed by atoms with E-state index in [2.05, 4.69) is 87.6 Å². The second-order valence-electron chi connectivity index (χ2n) is 19.8. The fourth-order valence-electron chi connectivity index (χ4n) is 10.5. The van der Waals surface area contributed by atoms with E-state index in [1.807, 2.05) is 25.5 Å². The quantitative estimate of drug-likeness (QED) is 0.175. The highest BCUT2D eigenvalue weighted by Crippen LogP contribution is 2.48. The number of ether oxygens (including phenoxy) is 2. The molecule has 5 aliphatic rings. The smallest absolute Gasteiger partial charge is 0.324 e. The molecule has 2 N–H and O–H groups in total. The number of benzene rings is 1. The van der Waals surface area contributed by atoms with Gasteiger partial charge in [-0.25, -0.2) is 10.4 Å². The first-order valence-electron chi connectivity index (χ1n) is 23.4. The number of esters is 1. The van der Waals surface area contributed by atoms with Crippen LogP contribution in [0.3, 0.4) is 0 Å². The summed E-state index contributed by atoms with van der Waals surface area (Å²) < 4.78 is 14.7. The van der Waals surface area contributed by atoms with Crippen molar-refractivity contribution in [1.82, 2.24) is 40.2 Å². The fraction of sp³-hybridized carbons (Fsp3) is 0.520. The molecule has 5 atom stereocenters. The van der Waals surface area contributed by atoms with Crippen LogP contribution >= 0.6 is 11.3 Å². The highest BCUT2D eigenvalue weighted by Gasteiger charge is 2.46. The zero-order chi connectivity index (χ0) is 45.1. The summed E-state index contributed by atoms with van der Waals surface area (Å²) in [7, 11) is 3.92. The minimum atomic E-state index is -0.885. The SMILES string of the molecule is CO[C@@H](C)c1ncc(N2CCN(C)CC2)cc1-c1c2c3cc(cc4c3n1CCC4)-c1csc(n1)C[C@H](NC(=O)[C@@H]1C[C@H]1c1cncc(C)c1)C(=O)N1CCC[C@H](N1)C(=O)OCC(C)(C)C2. The van der Waals surface area contributed by atoms with Crippen LogP contribution in [0.25, 0.3) is 33.4 Å². The van der Waals surface area contributed by atoms with Crippen molar-refractivity contribution < 1.29 is 23.9 Å². The monoisotopic (exact) mass is 899 g/mol. The van der Waals surface area contributed by atoms with Crippen molar-refractivity contribution in [3.63, 3.8) is 0 Å². The van der Waals surface area contributed by atoms with Crippen LogP contribution in [0.4, 0.5) is 5.69 Å². The number of hydrogen-bond acceptors (Lipinski definition) is 12. The van der Waals surface area contributed by atoms with E-state index in [4.69, 9.17) is 19.4 Å². The van der Waals surface area contributed by atoms with Crippen LogP contribution in [0.2, 0.25) is 0 Å². The van der Waals surface area contributed by atoms with Gasteiger partial charge in [0.05, 0.1) is 52.2 Å². The Bertz CT molecular complexity index is 2650. The maximum Gasteiger partial charge on any atom is 0.324 e. The number of carbonyl (C=O) groups is 3. The molecule has 2 amide bonds. The van der Waals surface area contributed by atoms with E-state index >= 15 is 0 Å². The van der Waals surface area contributed by atoms with Crippen LogP contribution in [-0.2, 0) is 49.7 Å². The molecule has 2 saturated heterocycles. The van der Waals surface area contributed by atoms with Gasteiger partial charge in [0.1, 0.15) is 12.1 Å². The summed E-state index contributed by atoms with van der Waals surface area (Å²) in [6, 6.07) is 7.41. The second kappa shape index (κ2) is 17.5. The molecule has 1 aromatic carbocycles. The Kier molecular flexibility index (Phi) is 11.8. The molecule has 0 unspecified atom stereocenters. The van der Waals surface area contributed by atoms with Crippen LogP contribution in [-0.4, -0.2) is 113 Å². The third kappa shape index (κ3) is 8.68. The number of methoxy groups -OCH3 is 1. The number of anilines is 1. The number of cyclic esters (lactones) is 1. The molecular weight excluding hydrogens is 839 g/mol. The Morgan fingerprint density at radius 2 is 1.88 bits per heavy atom. The highest BCUT2D eigenvalue weighted by atomic mass is 32.1. The van der Waals surface area contributed by atoms with Crippen LogP contribution in [0.5, 0.6) is 0 Å². The van der Waals surface area contributed by atoms with Gasteiger partial charge in [0.25, 0.3) is 5.91 Å². The van der Waals surface area contributed by atoms with E-state index in [0.29, 0.717) is 32.2 Å². The number of thiazole rings is 1. The van der Waals surface area contributed by atoms with Crippen LogP contribution < -0.4 is 15.6 Å². The van der Waals surface area contributed by atoms with Gasteiger partial charge in [-0.05, 0) is 106 Å². The van der Waals surface area contributed by atoms with E-state index in [0.717, 1.165) is 101 Å². The minimum Gasteiger partial charge on any atom is -0.464 e. The second-order valence-corrected chi connectivity index (χ2v) is 20.7. The number of nitrogens with one attached hydrogen (secondary N) is 2. The molecule has 14 nitrogen and oxygen atoms in total. The first-order chi connectivity index (χ1) is 31.3. The highest BCUT2D eigenvalue weighted by molar-refractivity contribution is 7.10. The number of pyridine rings is 2. The molecule has 10 rings (SSSR count). The van der Waals surface area contributed by atoms with Crippen molar-refractivity contribution in [2.75, 3.05) is 58.4 Å². The number of aryl methyl sites for hydroxylation is 3. The summed E-state index contributed by atoms with van der Waals surface area (Å²) in [5.74, 6) is -1.03. The number of aromatic nitrogens is 4. The van der Waals surface area contributed by atoms with Gasteiger partial charge in [-0.2, -0.15) is 0 Å². The maximum atomic E-state index is 14.5. The lowest BCUT2D eigenvalue weighted by molar-refractivity contribution is -0.155. The molecule has 1 aliphatic carbocycles. The molecular formula is C50H61N9O5S. The van der Waals surface area contributed by atoms with Crippen molar-refractivity contribution in [1.29, 1.82) is 0 Å². The first kappa shape index (κ1) is 43.7. The normalized spacial score (nSPS) is 24.1. The molecule has 3 fully saturated rings. The first-order valence-corrected chi connectivity index (χ1v) is 24.3. The van der Waals surface area contributed by atoms with Gasteiger partial charge in [-0.15, -0.1) is 11.3 Å². The average Bonchev–Trinajstić information content (AvgIpc) is 3.89. The Hall–Kier alpha value is -5.22. The predicted molar refractivity (Wildman–Crippen MR) is 252 cm³/mol. The molecule has 8 heterocycles. The van der Waals surface area contributed by atoms with Crippen LogP contribution in [0, 0.1) is 18.3 Å². The fourth-order valence-corrected chi connectivity index (χ4v) is 11.3. The lowest BCUT2D eigenvalue weighted by atomic mass is 9.84. The molecule has 0 spiro atoms. The lowest BCUT2D eigenvalue weighted by Gasteiger charge is -2.35. The zero-order valence-corrected chi connectivity index (χ0v) is 39.3. The zero-order valence-electron chi connectivity index (χ0n) is 38.5. The third-order valence-electron chi connectivity index (χ3n) is 14.2. The van der Waals surface area contributed by atoms with E-state index in [9.17, 15) is 14.4 Å². The van der Waals surface area contributed by atoms with Crippen molar-refractivity contribution in [2.45, 2.75) is 103 Å². The van der Waals surface area contributed by atoms with Crippen LogP contribution in [0.1, 0.15) is 91.4 Å². The van der Waals surface area contributed by atoms with E-state index in [1.165, 1.54) is 33.0 Å². The minimum absolute atomic E-state index is 0.0584. The summed E-state index contributed by atoms with van der Waals surface area (Å²) in [4.78, 5) is 61.9. The Balaban J connectivity index is 1.07. The van der Waals surface area contributed by atoms with Gasteiger partial charge >= 0.3 is 5.97 Å². The number of hydrazine groups is 1. The molecule has 1 saturated carbocycles. The summed E-state index contributed by atoms with van der Waals surface area (Å²) >= 11 is 1.51. The largest absolute Gasteiger partial charge is 0.464 e. The number of rotatable bonds is 7. The van der Waals surface area contributed by atoms with E-state index in [1.54, 1.807) is 7.11 Å². The molecule has 15 heteroatoms. The van der Waals surface area contributed by atoms with Gasteiger partial charge in [0, 0.05) is 98.4 Å². The van der Waals surface area contributed by atoms with Gasteiger partial charge in [-0.3, -0.25) is 29.4 Å². The molecule has 5 aromatic rings. The van der Waals surface area contributed by atoms with Crippen molar-refractivity contribution in [3.05, 3.63) is 81.2 Å². The molecule has 4 aromatic heterocycles. The number of carbonyl (C=O) groups excluding carboxylic acids is 3. The topological polar surface area (TPSA) is 147 Å². The molecule has 0 radical (unpaired) electrons. The Labute approximate surface area is 385 Å². The lowest BCUT2D eigenvalue weighted by Crippen LogP contribution is -2.60. The van der Waals surface area contributed by atoms with Gasteiger partial charge in [0.2, 0.25) is 5.91 Å². The number of likely N-dealkylation sites (N-methyl/N-ethyl adjacent to an activating group) is 1. The van der Waals surface area contributed by atoms with Gasteiger partial charge in [-0.1, -0.05) is 19.9 Å². The van der Waals surface area contributed by atoms with Crippen molar-refractivity contribution in [3.8, 4) is 22.5 Å². The Morgan fingerprint density at radius 1 is 1.05 bits per heavy atom. The van der Waals surface area contributed by atoms with Crippen LogP contribution in [0.15, 0.2) is 48.2 Å². The van der Waals surface area contributed by atoms with Crippen molar-refractivity contribution in [2.24, 2.45) is 11.3 Å². The average molecular weight is 900 g/mol.